The first kappa shape index (κ1) is 30.0. The van der Waals surface area contributed by atoms with Crippen molar-refractivity contribution in [3.63, 3.8) is 0 Å². The second-order valence-electron chi connectivity index (χ2n) is 10.4. The minimum absolute atomic E-state index is 0.250. The lowest BCUT2D eigenvalue weighted by Crippen LogP contribution is -2.48. The fraction of sp³-hybridized carbons (Fsp3) is 0.741. The molecule has 2 nitrogen and oxygen atoms in total. The summed E-state index contributed by atoms with van der Waals surface area (Å²) in [5, 5.41) is 3.35. The molecule has 4 heteroatoms. The summed E-state index contributed by atoms with van der Waals surface area (Å²) < 4.78 is 0. The lowest BCUT2D eigenvalue weighted by atomic mass is 10.1. The summed E-state index contributed by atoms with van der Waals surface area (Å²) in [6, 6.07) is 11.5. The molecule has 0 saturated carbocycles. The Morgan fingerprint density at radius 3 is 1.65 bits per heavy atom. The van der Waals surface area contributed by atoms with Gasteiger partial charge in [-0.2, -0.15) is 9.59 Å². The quantitative estimate of drug-likeness (QED) is 0.198. The third kappa shape index (κ3) is 11.5. The van der Waals surface area contributed by atoms with Gasteiger partial charge >= 0.3 is 6.15 Å². The van der Waals surface area contributed by atoms with Gasteiger partial charge in [-0.15, -0.1) is 0 Å². The van der Waals surface area contributed by atoms with E-state index in [1.165, 1.54) is 76.7 Å². The Morgan fingerprint density at radius 1 is 0.710 bits per heavy atom. The van der Waals surface area contributed by atoms with Crippen LogP contribution < -0.4 is 10.4 Å². The minimum Gasteiger partial charge on any atom is -0.186 e. The van der Waals surface area contributed by atoms with Crippen molar-refractivity contribution in [3.8, 4) is 0 Å². The van der Waals surface area contributed by atoms with Crippen LogP contribution in [0.25, 0.3) is 0 Å². The topological polar surface area (TPSA) is 34.1 Å². The van der Waals surface area contributed by atoms with Gasteiger partial charge in [0.05, 0.1) is 16.1 Å². The zero-order valence-electron chi connectivity index (χ0n) is 21.7. The van der Waals surface area contributed by atoms with Gasteiger partial charge < -0.3 is 0 Å². The fourth-order valence-corrected chi connectivity index (χ4v) is 10.8. The lowest BCUT2D eigenvalue weighted by Gasteiger charge is -2.33. The molecule has 1 unspecified atom stereocenters. The molecule has 0 saturated heterocycles. The Morgan fingerprint density at radius 2 is 1.16 bits per heavy atom. The van der Waals surface area contributed by atoms with Crippen LogP contribution in [0.15, 0.2) is 24.3 Å². The average molecular weight is 463 g/mol. The molecule has 0 spiro atoms. The summed E-state index contributed by atoms with van der Waals surface area (Å²) in [7, 11) is -2.62. The smallest absolute Gasteiger partial charge is 0.186 e. The van der Waals surface area contributed by atoms with Gasteiger partial charge in [-0.3, -0.25) is 0 Å². The molecule has 1 aromatic rings. The molecule has 0 aliphatic rings. The SMILES string of the molecule is CCCCCCCCCC(CC)[Si](C)(C)c1ccc([Si](C)(C)CCCC)cc1.O=C=O. The van der Waals surface area contributed by atoms with Gasteiger partial charge in [-0.05, 0) is 5.54 Å². The number of unbranched alkanes of at least 4 members (excludes halogenated alkanes) is 7. The summed E-state index contributed by atoms with van der Waals surface area (Å²) in [5.41, 5.74) is 0.930. The Bertz CT molecular complexity index is 602. The zero-order chi connectivity index (χ0) is 23.8. The molecule has 1 rings (SSSR count). The van der Waals surface area contributed by atoms with E-state index in [9.17, 15) is 0 Å². The molecule has 0 aliphatic heterocycles. The van der Waals surface area contributed by atoms with Gasteiger partial charge in [0.15, 0.2) is 0 Å². The number of benzene rings is 1. The minimum atomic E-state index is -1.38. The fourth-order valence-electron chi connectivity index (χ4n) is 4.77. The second-order valence-corrected chi connectivity index (χ2v) is 20.1. The van der Waals surface area contributed by atoms with Crippen molar-refractivity contribution in [1.82, 2.24) is 0 Å². The van der Waals surface area contributed by atoms with E-state index < -0.39 is 16.1 Å². The van der Waals surface area contributed by atoms with Crippen LogP contribution in [0.3, 0.4) is 0 Å². The van der Waals surface area contributed by atoms with Crippen molar-refractivity contribution in [3.05, 3.63) is 24.3 Å². The number of hydrogen-bond donors (Lipinski definition) is 0. The van der Waals surface area contributed by atoms with Crippen LogP contribution >= 0.6 is 0 Å². The zero-order valence-corrected chi connectivity index (χ0v) is 23.7. The van der Waals surface area contributed by atoms with Crippen molar-refractivity contribution in [2.45, 2.75) is 129 Å². The molecule has 0 heterocycles. The van der Waals surface area contributed by atoms with Crippen LogP contribution in [0.5, 0.6) is 0 Å². The summed E-state index contributed by atoms with van der Waals surface area (Å²) in [6.45, 7) is 17.4. The molecule has 0 aliphatic carbocycles. The number of rotatable bonds is 15. The van der Waals surface area contributed by atoms with Gasteiger partial charge in [-0.25, -0.2) is 0 Å². The molecule has 1 atom stereocenters. The average Bonchev–Trinajstić information content (AvgIpc) is 2.75. The first-order chi connectivity index (χ1) is 14.7. The van der Waals surface area contributed by atoms with Gasteiger partial charge in [0.25, 0.3) is 0 Å². The normalized spacial score (nSPS) is 12.6. The van der Waals surface area contributed by atoms with E-state index in [0.29, 0.717) is 0 Å². The third-order valence-electron chi connectivity index (χ3n) is 7.24. The Balaban J connectivity index is 0.00000282. The predicted molar refractivity (Wildman–Crippen MR) is 142 cm³/mol. The number of hydrogen-bond acceptors (Lipinski definition) is 2. The molecule has 31 heavy (non-hydrogen) atoms. The van der Waals surface area contributed by atoms with Crippen molar-refractivity contribution in [2.24, 2.45) is 0 Å². The molecule has 0 bridgehead atoms. The van der Waals surface area contributed by atoms with Crippen LogP contribution in [-0.4, -0.2) is 22.3 Å². The first-order valence-corrected chi connectivity index (χ1v) is 19.1. The van der Waals surface area contributed by atoms with E-state index in [1.54, 1.807) is 10.4 Å². The highest BCUT2D eigenvalue weighted by atomic mass is 28.3. The molecule has 0 N–H and O–H groups in total. The summed E-state index contributed by atoms with van der Waals surface area (Å²) >= 11 is 0. The monoisotopic (exact) mass is 462 g/mol. The standard InChI is InChI=1S/C26H50Si2.CO2/c1-8-11-13-14-15-16-17-18-24(10-3)28(6,7)26-21-19-25(20-22-26)27(4,5)23-12-9-2;2-1-3/h19-22,24H,8-18,23H2,1-7H3;. The Hall–Kier alpha value is -0.966. The maximum atomic E-state index is 8.12. The highest BCUT2D eigenvalue weighted by molar-refractivity contribution is 6.92. The predicted octanol–water partition coefficient (Wildman–Crippen LogP) is 7.65. The Kier molecular flexibility index (Phi) is 16.1. The first-order valence-electron chi connectivity index (χ1n) is 12.8. The summed E-state index contributed by atoms with van der Waals surface area (Å²) in [6.07, 6.45) is 15.8. The second kappa shape index (κ2) is 16.6. The Labute approximate surface area is 195 Å². The van der Waals surface area contributed by atoms with Crippen LogP contribution in [0.1, 0.15) is 91.4 Å². The van der Waals surface area contributed by atoms with Crippen molar-refractivity contribution < 1.29 is 9.59 Å². The summed E-state index contributed by atoms with van der Waals surface area (Å²) in [5.74, 6) is 0. The molecule has 1 aromatic carbocycles. The van der Waals surface area contributed by atoms with E-state index in [1.807, 2.05) is 0 Å². The maximum Gasteiger partial charge on any atom is 0.373 e. The van der Waals surface area contributed by atoms with E-state index in [2.05, 4.69) is 71.2 Å². The summed E-state index contributed by atoms with van der Waals surface area (Å²) in [4.78, 5) is 16.2. The van der Waals surface area contributed by atoms with E-state index in [-0.39, 0.29) is 6.15 Å². The van der Waals surface area contributed by atoms with Crippen LogP contribution in [0.2, 0.25) is 37.8 Å². The van der Waals surface area contributed by atoms with Crippen LogP contribution in [0.4, 0.5) is 0 Å². The lowest BCUT2D eigenvalue weighted by molar-refractivity contribution is -0.191. The van der Waals surface area contributed by atoms with Gasteiger partial charge in [0, 0.05) is 0 Å². The molecular weight excluding hydrogens is 412 g/mol. The molecule has 0 fully saturated rings. The molecule has 0 amide bonds. The van der Waals surface area contributed by atoms with E-state index >= 15 is 0 Å². The van der Waals surface area contributed by atoms with Crippen molar-refractivity contribution >= 4 is 32.7 Å². The molecule has 0 radical (unpaired) electrons. The third-order valence-corrected chi connectivity index (χ3v) is 15.3. The van der Waals surface area contributed by atoms with Crippen molar-refractivity contribution in [1.29, 1.82) is 0 Å². The molecule has 0 aromatic heterocycles. The highest BCUT2D eigenvalue weighted by Gasteiger charge is 2.32. The van der Waals surface area contributed by atoms with Crippen LogP contribution in [-0.2, 0) is 9.59 Å². The highest BCUT2D eigenvalue weighted by Crippen LogP contribution is 2.31. The van der Waals surface area contributed by atoms with Gasteiger partial charge in [-0.1, -0.05) is 158 Å². The number of carbonyl (C=O) groups excluding carboxylic acids is 2. The van der Waals surface area contributed by atoms with Gasteiger partial charge in [0.2, 0.25) is 0 Å². The largest absolute Gasteiger partial charge is 0.373 e. The van der Waals surface area contributed by atoms with E-state index in [0.717, 1.165) is 5.54 Å². The van der Waals surface area contributed by atoms with E-state index in [4.69, 9.17) is 9.59 Å². The van der Waals surface area contributed by atoms with Crippen molar-refractivity contribution in [2.75, 3.05) is 0 Å². The van der Waals surface area contributed by atoms with Crippen LogP contribution in [0, 0.1) is 0 Å². The molecular formula is C27H50O2Si2. The maximum absolute atomic E-state index is 8.12. The van der Waals surface area contributed by atoms with Gasteiger partial charge in [0.1, 0.15) is 0 Å². The molecule has 178 valence electrons.